The molecule has 0 atom stereocenters. The molecule has 0 bridgehead atoms. The third-order valence-corrected chi connectivity index (χ3v) is 5.77. The van der Waals surface area contributed by atoms with Crippen LogP contribution in [0.5, 0.6) is 0 Å². The maximum atomic E-state index is 12.7. The highest BCUT2D eigenvalue weighted by atomic mass is 32.2. The van der Waals surface area contributed by atoms with Crippen molar-refractivity contribution in [3.8, 4) is 17.3 Å². The number of aliphatic hydroxyl groups excluding tert-OH is 1. The maximum Gasteiger partial charge on any atom is 0.233 e. The number of carbonyl (C=O) groups excluding carboxylic acids is 1. The van der Waals surface area contributed by atoms with Gasteiger partial charge in [-0.15, -0.1) is 10.2 Å². The van der Waals surface area contributed by atoms with Crippen LogP contribution in [-0.4, -0.2) is 80.7 Å². The van der Waals surface area contributed by atoms with E-state index >= 15 is 0 Å². The van der Waals surface area contributed by atoms with Crippen LogP contribution < -0.4 is 0 Å². The van der Waals surface area contributed by atoms with Crippen molar-refractivity contribution in [2.75, 3.05) is 45.1 Å². The van der Waals surface area contributed by atoms with Crippen LogP contribution in [0.25, 0.3) is 17.3 Å². The Hall–Kier alpha value is -2.62. The van der Waals surface area contributed by atoms with E-state index in [0.717, 1.165) is 18.8 Å². The van der Waals surface area contributed by atoms with E-state index < -0.39 is 0 Å². The van der Waals surface area contributed by atoms with Crippen LogP contribution in [0, 0.1) is 0 Å². The van der Waals surface area contributed by atoms with E-state index in [9.17, 15) is 4.79 Å². The molecule has 0 aliphatic carbocycles. The van der Waals surface area contributed by atoms with Crippen LogP contribution in [0.2, 0.25) is 0 Å². The van der Waals surface area contributed by atoms with E-state index in [1.807, 2.05) is 51.9 Å². The Morgan fingerprint density at radius 2 is 1.86 bits per heavy atom. The van der Waals surface area contributed by atoms with E-state index in [1.165, 1.54) is 11.8 Å². The summed E-state index contributed by atoms with van der Waals surface area (Å²) >= 11 is 1.38. The SMILES string of the molecule is O=C(CSc1nnc(-c2ccco2)n1-c1ccccc1)N1CCN(CCO)CC1. The number of β-amino-alcohol motifs (C(OH)–C–C–N with tert-alkyl or cyclic N) is 1. The number of rotatable bonds is 7. The number of nitrogens with zero attached hydrogens (tertiary/aromatic N) is 5. The monoisotopic (exact) mass is 413 g/mol. The number of aromatic nitrogens is 3. The van der Waals surface area contributed by atoms with Crippen molar-refractivity contribution in [3.63, 3.8) is 0 Å². The van der Waals surface area contributed by atoms with Gasteiger partial charge in [-0.25, -0.2) is 0 Å². The number of benzene rings is 1. The van der Waals surface area contributed by atoms with Gasteiger partial charge < -0.3 is 14.4 Å². The van der Waals surface area contributed by atoms with E-state index in [4.69, 9.17) is 9.52 Å². The number of furan rings is 1. The van der Waals surface area contributed by atoms with Gasteiger partial charge in [0.25, 0.3) is 0 Å². The summed E-state index contributed by atoms with van der Waals surface area (Å²) < 4.78 is 7.43. The predicted octanol–water partition coefficient (Wildman–Crippen LogP) is 1.76. The average Bonchev–Trinajstić information content (AvgIpc) is 3.43. The second-order valence-corrected chi connectivity index (χ2v) is 7.63. The van der Waals surface area contributed by atoms with Gasteiger partial charge >= 0.3 is 0 Å². The molecular weight excluding hydrogens is 390 g/mol. The van der Waals surface area contributed by atoms with Crippen molar-refractivity contribution >= 4 is 17.7 Å². The summed E-state index contributed by atoms with van der Waals surface area (Å²) in [4.78, 5) is 16.7. The van der Waals surface area contributed by atoms with Gasteiger partial charge in [0.05, 0.1) is 18.6 Å². The Bertz CT molecular complexity index is 921. The number of hydrogen-bond donors (Lipinski definition) is 1. The molecule has 1 N–H and O–H groups in total. The second-order valence-electron chi connectivity index (χ2n) is 6.69. The van der Waals surface area contributed by atoms with Crippen LogP contribution in [0.4, 0.5) is 0 Å². The zero-order valence-corrected chi connectivity index (χ0v) is 16.8. The van der Waals surface area contributed by atoms with Gasteiger partial charge in [-0.1, -0.05) is 30.0 Å². The molecule has 0 spiro atoms. The molecule has 8 nitrogen and oxygen atoms in total. The highest BCUT2D eigenvalue weighted by Crippen LogP contribution is 2.28. The van der Waals surface area contributed by atoms with Crippen molar-refractivity contribution in [1.29, 1.82) is 0 Å². The lowest BCUT2D eigenvalue weighted by molar-refractivity contribution is -0.130. The van der Waals surface area contributed by atoms with Crippen LogP contribution in [0.3, 0.4) is 0 Å². The van der Waals surface area contributed by atoms with Gasteiger partial charge in [0, 0.05) is 38.4 Å². The summed E-state index contributed by atoms with van der Waals surface area (Å²) in [5.41, 5.74) is 0.913. The molecule has 152 valence electrons. The fraction of sp³-hybridized carbons (Fsp3) is 0.350. The summed E-state index contributed by atoms with van der Waals surface area (Å²) in [6, 6.07) is 13.5. The molecule has 3 aromatic rings. The van der Waals surface area contributed by atoms with Crippen LogP contribution in [0.15, 0.2) is 58.3 Å². The summed E-state index contributed by atoms with van der Waals surface area (Å²) in [5.74, 6) is 1.61. The van der Waals surface area contributed by atoms with Crippen molar-refractivity contribution in [2.24, 2.45) is 0 Å². The molecule has 2 aromatic heterocycles. The topological polar surface area (TPSA) is 87.6 Å². The molecule has 4 rings (SSSR count). The molecular formula is C20H23N5O3S. The highest BCUT2D eigenvalue weighted by Gasteiger charge is 2.23. The first kappa shape index (κ1) is 19.7. The van der Waals surface area contributed by atoms with E-state index in [-0.39, 0.29) is 12.5 Å². The molecule has 1 aromatic carbocycles. The number of para-hydroxylation sites is 1. The Morgan fingerprint density at radius 3 is 2.55 bits per heavy atom. The highest BCUT2D eigenvalue weighted by molar-refractivity contribution is 7.99. The Balaban J connectivity index is 1.47. The lowest BCUT2D eigenvalue weighted by atomic mass is 10.3. The number of aliphatic hydroxyl groups is 1. The van der Waals surface area contributed by atoms with Crippen LogP contribution >= 0.6 is 11.8 Å². The fourth-order valence-electron chi connectivity index (χ4n) is 3.32. The van der Waals surface area contributed by atoms with Gasteiger partial charge in [0.15, 0.2) is 10.9 Å². The summed E-state index contributed by atoms with van der Waals surface area (Å²) in [6.07, 6.45) is 1.60. The minimum absolute atomic E-state index is 0.0841. The number of amides is 1. The predicted molar refractivity (Wildman–Crippen MR) is 110 cm³/mol. The molecule has 9 heteroatoms. The Labute approximate surface area is 173 Å². The summed E-state index contributed by atoms with van der Waals surface area (Å²) in [7, 11) is 0. The molecule has 1 amide bonds. The molecule has 29 heavy (non-hydrogen) atoms. The third-order valence-electron chi connectivity index (χ3n) is 4.86. The molecule has 0 radical (unpaired) electrons. The standard InChI is InChI=1S/C20H23N5O3S/c26-13-12-23-8-10-24(11-9-23)18(27)15-29-20-22-21-19(17-7-4-14-28-17)25(20)16-5-2-1-3-6-16/h1-7,14,26H,8-13,15H2. The largest absolute Gasteiger partial charge is 0.461 e. The van der Waals surface area contributed by atoms with Gasteiger partial charge in [-0.3, -0.25) is 14.3 Å². The van der Waals surface area contributed by atoms with Crippen LogP contribution in [0.1, 0.15) is 0 Å². The lowest BCUT2D eigenvalue weighted by Crippen LogP contribution is -2.49. The Kier molecular flexibility index (Phi) is 6.28. The molecule has 1 aliphatic rings. The average molecular weight is 414 g/mol. The van der Waals surface area contributed by atoms with E-state index in [2.05, 4.69) is 15.1 Å². The molecule has 0 saturated carbocycles. The zero-order chi connectivity index (χ0) is 20.1. The van der Waals surface area contributed by atoms with Gasteiger partial charge in [-0.2, -0.15) is 0 Å². The van der Waals surface area contributed by atoms with Crippen molar-refractivity contribution in [2.45, 2.75) is 5.16 Å². The van der Waals surface area contributed by atoms with Gasteiger partial charge in [0.1, 0.15) is 0 Å². The number of carbonyl (C=O) groups is 1. The van der Waals surface area contributed by atoms with E-state index in [1.54, 1.807) is 6.26 Å². The first-order valence-corrected chi connectivity index (χ1v) is 10.5. The second kappa shape index (κ2) is 9.25. The molecule has 1 aliphatic heterocycles. The van der Waals surface area contributed by atoms with Gasteiger partial charge in [0.2, 0.25) is 11.7 Å². The summed E-state index contributed by atoms with van der Waals surface area (Å²) in [6.45, 7) is 3.76. The fourth-order valence-corrected chi connectivity index (χ4v) is 4.17. The summed E-state index contributed by atoms with van der Waals surface area (Å²) in [5, 5.41) is 18.3. The van der Waals surface area contributed by atoms with Crippen molar-refractivity contribution in [1.82, 2.24) is 24.6 Å². The molecule has 1 saturated heterocycles. The first-order chi connectivity index (χ1) is 14.3. The number of thioether (sulfide) groups is 1. The van der Waals surface area contributed by atoms with Gasteiger partial charge in [-0.05, 0) is 24.3 Å². The smallest absolute Gasteiger partial charge is 0.233 e. The molecule has 1 fully saturated rings. The quantitative estimate of drug-likeness (QED) is 0.591. The van der Waals surface area contributed by atoms with Crippen molar-refractivity contribution < 1.29 is 14.3 Å². The molecule has 3 heterocycles. The minimum Gasteiger partial charge on any atom is -0.461 e. The number of piperazine rings is 1. The van der Waals surface area contributed by atoms with E-state index in [0.29, 0.717) is 42.1 Å². The third kappa shape index (κ3) is 4.52. The minimum atomic E-state index is 0.0841. The van der Waals surface area contributed by atoms with Crippen molar-refractivity contribution in [3.05, 3.63) is 48.7 Å². The first-order valence-electron chi connectivity index (χ1n) is 9.55. The molecule has 0 unspecified atom stereocenters. The normalized spacial score (nSPS) is 15.0. The maximum absolute atomic E-state index is 12.7. The zero-order valence-electron chi connectivity index (χ0n) is 16.0. The van der Waals surface area contributed by atoms with Crippen LogP contribution in [-0.2, 0) is 4.79 Å². The lowest BCUT2D eigenvalue weighted by Gasteiger charge is -2.34. The number of hydrogen-bond acceptors (Lipinski definition) is 7. The Morgan fingerprint density at radius 1 is 1.07 bits per heavy atom.